The molecule has 0 aromatic carbocycles. The zero-order valence-electron chi connectivity index (χ0n) is 47.0. The third-order valence-electron chi connectivity index (χ3n) is 13.2. The molecule has 0 aliphatic heterocycles. The molecule has 0 aromatic heterocycles. The van der Waals surface area contributed by atoms with E-state index in [-0.39, 0.29) is 31.1 Å². The lowest BCUT2D eigenvalue weighted by Gasteiger charge is -2.18. The van der Waals surface area contributed by atoms with Crippen molar-refractivity contribution in [2.45, 2.75) is 309 Å². The molecule has 0 rings (SSSR count). The van der Waals surface area contributed by atoms with E-state index in [0.717, 1.165) is 96.3 Å². The summed E-state index contributed by atoms with van der Waals surface area (Å²) in [6.45, 7) is 6.53. The molecule has 1 atom stereocenters. The van der Waals surface area contributed by atoms with Gasteiger partial charge in [0.15, 0.2) is 6.10 Å². The Morgan fingerprint density at radius 3 is 0.887 bits per heavy atom. The fourth-order valence-corrected chi connectivity index (χ4v) is 8.64. The third kappa shape index (κ3) is 57.6. The molecule has 71 heavy (non-hydrogen) atoms. The Hall–Kier alpha value is -3.15. The molecule has 0 fully saturated rings. The number of ether oxygens (including phenoxy) is 3. The van der Waals surface area contributed by atoms with Crippen molar-refractivity contribution in [1.29, 1.82) is 0 Å². The van der Waals surface area contributed by atoms with Gasteiger partial charge in [0, 0.05) is 19.3 Å². The molecule has 0 bridgehead atoms. The number of rotatable bonds is 55. The van der Waals surface area contributed by atoms with Crippen LogP contribution in [0.15, 0.2) is 72.9 Å². The molecule has 0 heterocycles. The first kappa shape index (κ1) is 67.8. The fraction of sp³-hybridized carbons (Fsp3) is 0.769. The van der Waals surface area contributed by atoms with Crippen LogP contribution in [0.25, 0.3) is 0 Å². The van der Waals surface area contributed by atoms with Gasteiger partial charge in [-0.1, -0.05) is 267 Å². The number of carbonyl (C=O) groups is 3. The van der Waals surface area contributed by atoms with E-state index < -0.39 is 6.10 Å². The molecule has 0 saturated carbocycles. The van der Waals surface area contributed by atoms with Gasteiger partial charge in [-0.25, -0.2) is 0 Å². The Morgan fingerprint density at radius 2 is 0.549 bits per heavy atom. The molecule has 0 amide bonds. The largest absolute Gasteiger partial charge is 0.462 e. The number of hydrogen-bond acceptors (Lipinski definition) is 6. The molecular weight excluding hydrogens is 877 g/mol. The average Bonchev–Trinajstić information content (AvgIpc) is 3.37. The molecule has 0 radical (unpaired) electrons. The normalized spacial score (nSPS) is 12.5. The van der Waals surface area contributed by atoms with Gasteiger partial charge in [0.25, 0.3) is 0 Å². The van der Waals surface area contributed by atoms with Crippen LogP contribution in [-0.2, 0) is 28.6 Å². The van der Waals surface area contributed by atoms with Crippen LogP contribution in [-0.4, -0.2) is 37.2 Å². The SMILES string of the molecule is CC/C=C\C/C=C\C/C=C\C/C=C\C/C=C\CCCCCC(=O)OC[C@H](COC(=O)CCCCCCCCCCCCCCCCCCC)OC(=O)CCCCCCCCC/C=C\CCCCCCCC. The maximum atomic E-state index is 12.9. The first-order valence-electron chi connectivity index (χ1n) is 30.4. The summed E-state index contributed by atoms with van der Waals surface area (Å²) in [5.41, 5.74) is 0. The smallest absolute Gasteiger partial charge is 0.306 e. The van der Waals surface area contributed by atoms with Gasteiger partial charge in [-0.2, -0.15) is 0 Å². The lowest BCUT2D eigenvalue weighted by molar-refractivity contribution is -0.167. The van der Waals surface area contributed by atoms with Crippen molar-refractivity contribution >= 4 is 17.9 Å². The molecule has 6 nitrogen and oxygen atoms in total. The van der Waals surface area contributed by atoms with Crippen molar-refractivity contribution in [3.63, 3.8) is 0 Å². The maximum absolute atomic E-state index is 12.9. The molecule has 0 saturated heterocycles. The van der Waals surface area contributed by atoms with E-state index in [1.165, 1.54) is 167 Å². The first-order chi connectivity index (χ1) is 35.0. The Morgan fingerprint density at radius 1 is 0.296 bits per heavy atom. The maximum Gasteiger partial charge on any atom is 0.306 e. The summed E-state index contributed by atoms with van der Waals surface area (Å²) < 4.78 is 16.9. The quantitative estimate of drug-likeness (QED) is 0.0261. The molecule has 6 heteroatoms. The van der Waals surface area contributed by atoms with E-state index >= 15 is 0 Å². The van der Waals surface area contributed by atoms with Crippen molar-refractivity contribution < 1.29 is 28.6 Å². The predicted octanol–water partition coefficient (Wildman–Crippen LogP) is 20.5. The molecule has 0 aliphatic rings. The molecule has 0 spiro atoms. The van der Waals surface area contributed by atoms with E-state index in [0.29, 0.717) is 19.3 Å². The minimum Gasteiger partial charge on any atom is -0.462 e. The molecule has 410 valence electrons. The highest BCUT2D eigenvalue weighted by Gasteiger charge is 2.19. The van der Waals surface area contributed by atoms with E-state index in [2.05, 4.69) is 93.7 Å². The first-order valence-corrected chi connectivity index (χ1v) is 30.4. The highest BCUT2D eigenvalue weighted by Crippen LogP contribution is 2.16. The van der Waals surface area contributed by atoms with Crippen molar-refractivity contribution in [2.75, 3.05) is 13.2 Å². The van der Waals surface area contributed by atoms with Gasteiger partial charge >= 0.3 is 17.9 Å². The summed E-state index contributed by atoms with van der Waals surface area (Å²) in [5.74, 6) is -0.909. The van der Waals surface area contributed by atoms with Crippen molar-refractivity contribution in [3.8, 4) is 0 Å². The molecule has 0 unspecified atom stereocenters. The van der Waals surface area contributed by atoms with E-state index in [4.69, 9.17) is 14.2 Å². The van der Waals surface area contributed by atoms with Crippen LogP contribution >= 0.6 is 0 Å². The van der Waals surface area contributed by atoms with E-state index in [1.54, 1.807) is 0 Å². The molecular formula is C65H114O6. The van der Waals surface area contributed by atoms with Crippen molar-refractivity contribution in [1.82, 2.24) is 0 Å². The van der Waals surface area contributed by atoms with Gasteiger partial charge in [-0.15, -0.1) is 0 Å². The second kappa shape index (κ2) is 59.4. The Labute approximate surface area is 440 Å². The zero-order valence-corrected chi connectivity index (χ0v) is 47.0. The van der Waals surface area contributed by atoms with Crippen molar-refractivity contribution in [2.24, 2.45) is 0 Å². The second-order valence-corrected chi connectivity index (χ2v) is 20.2. The van der Waals surface area contributed by atoms with Crippen LogP contribution in [0.4, 0.5) is 0 Å². The topological polar surface area (TPSA) is 78.9 Å². The van der Waals surface area contributed by atoms with Gasteiger partial charge in [0.1, 0.15) is 13.2 Å². The number of hydrogen-bond donors (Lipinski definition) is 0. The molecule has 0 aromatic rings. The van der Waals surface area contributed by atoms with Crippen LogP contribution in [0.5, 0.6) is 0 Å². The number of esters is 3. The summed E-state index contributed by atoms with van der Waals surface area (Å²) in [5, 5.41) is 0. The minimum absolute atomic E-state index is 0.0850. The van der Waals surface area contributed by atoms with Crippen LogP contribution < -0.4 is 0 Å². The standard InChI is InChI=1S/C65H114O6/c1-4-7-10-13-16-19-22-25-28-31-32-35-37-40-43-46-49-52-55-58-64(67)70-61-62(71-65(68)59-56-53-50-47-44-41-38-34-30-27-24-21-18-15-12-9-6-3)60-69-63(66)57-54-51-48-45-42-39-36-33-29-26-23-20-17-14-11-8-5-2/h7,10,16,19,25,27-28,30,32,35,40,43,62H,4-6,8-9,11-15,17-18,20-24,26,29,31,33-34,36-39,41-42,44-61H2,1-3H3/b10-7-,19-16-,28-25-,30-27-,35-32-,43-40-/t62-/m0/s1. The number of carbonyl (C=O) groups excluding carboxylic acids is 3. The lowest BCUT2D eigenvalue weighted by atomic mass is 10.0. The van der Waals surface area contributed by atoms with Crippen LogP contribution in [0.2, 0.25) is 0 Å². The minimum atomic E-state index is -0.791. The highest BCUT2D eigenvalue weighted by molar-refractivity contribution is 5.71. The zero-order chi connectivity index (χ0) is 51.4. The van der Waals surface area contributed by atoms with Crippen LogP contribution in [0, 0.1) is 0 Å². The van der Waals surface area contributed by atoms with E-state index in [9.17, 15) is 14.4 Å². The van der Waals surface area contributed by atoms with Gasteiger partial charge < -0.3 is 14.2 Å². The van der Waals surface area contributed by atoms with E-state index in [1.807, 2.05) is 0 Å². The predicted molar refractivity (Wildman–Crippen MR) is 307 cm³/mol. The Balaban J connectivity index is 4.42. The monoisotopic (exact) mass is 991 g/mol. The Bertz CT molecular complexity index is 1320. The summed E-state index contributed by atoms with van der Waals surface area (Å²) in [6.07, 6.45) is 76.1. The average molecular weight is 992 g/mol. The Kier molecular flexibility index (Phi) is 56.8. The summed E-state index contributed by atoms with van der Waals surface area (Å²) >= 11 is 0. The fourth-order valence-electron chi connectivity index (χ4n) is 8.64. The van der Waals surface area contributed by atoms with Crippen molar-refractivity contribution in [3.05, 3.63) is 72.9 Å². The summed E-state index contributed by atoms with van der Waals surface area (Å²) in [7, 11) is 0. The molecule has 0 N–H and O–H groups in total. The lowest BCUT2D eigenvalue weighted by Crippen LogP contribution is -2.30. The van der Waals surface area contributed by atoms with Gasteiger partial charge in [-0.3, -0.25) is 14.4 Å². The van der Waals surface area contributed by atoms with Gasteiger partial charge in [0.05, 0.1) is 0 Å². The third-order valence-corrected chi connectivity index (χ3v) is 13.2. The van der Waals surface area contributed by atoms with Crippen LogP contribution in [0.1, 0.15) is 303 Å². The number of allylic oxidation sites excluding steroid dienone is 12. The van der Waals surface area contributed by atoms with Crippen LogP contribution in [0.3, 0.4) is 0 Å². The van der Waals surface area contributed by atoms with Gasteiger partial charge in [-0.05, 0) is 89.9 Å². The highest BCUT2D eigenvalue weighted by atomic mass is 16.6. The van der Waals surface area contributed by atoms with Gasteiger partial charge in [0.2, 0.25) is 0 Å². The number of unbranched alkanes of at least 4 members (excludes halogenated alkanes) is 32. The molecule has 0 aliphatic carbocycles. The second-order valence-electron chi connectivity index (χ2n) is 20.2. The summed E-state index contributed by atoms with van der Waals surface area (Å²) in [6, 6.07) is 0. The summed E-state index contributed by atoms with van der Waals surface area (Å²) in [4.78, 5) is 38.3.